The molecule has 11 heteroatoms. The quantitative estimate of drug-likeness (QED) is 0.239. The van der Waals surface area contributed by atoms with Crippen LogP contribution >= 0.6 is 11.8 Å². The van der Waals surface area contributed by atoms with Crippen LogP contribution in [-0.4, -0.2) is 115 Å². The topological polar surface area (TPSA) is 169 Å². The minimum absolute atomic E-state index is 0.101. The van der Waals surface area contributed by atoms with Crippen molar-refractivity contribution in [3.63, 3.8) is 0 Å². The summed E-state index contributed by atoms with van der Waals surface area (Å²) >= 11 is 1.27. The van der Waals surface area contributed by atoms with Crippen molar-refractivity contribution in [3.8, 4) is 0 Å². The van der Waals surface area contributed by atoms with Crippen LogP contribution in [0.4, 0.5) is 0 Å². The first-order valence-electron chi connectivity index (χ1n) is 8.45. The molecule has 0 unspecified atom stereocenters. The fourth-order valence-corrected chi connectivity index (χ4v) is 4.00. The zero-order chi connectivity index (χ0) is 19.6. The van der Waals surface area contributed by atoms with Gasteiger partial charge in [-0.2, -0.15) is 0 Å². The third kappa shape index (κ3) is 4.67. The Hall–Kier alpha value is -0.0500. The van der Waals surface area contributed by atoms with Crippen LogP contribution in [0.3, 0.4) is 0 Å². The van der Waals surface area contributed by atoms with E-state index >= 15 is 0 Å². The van der Waals surface area contributed by atoms with Crippen molar-refractivity contribution in [3.05, 3.63) is 0 Å². The van der Waals surface area contributed by atoms with E-state index in [1.54, 1.807) is 0 Å². The molecule has 0 aromatic rings. The van der Waals surface area contributed by atoms with E-state index in [9.17, 15) is 35.7 Å². The molecule has 0 aliphatic carbocycles. The minimum atomic E-state index is -1.67. The van der Waals surface area contributed by atoms with Crippen LogP contribution in [-0.2, 0) is 14.2 Å². The number of hydrogen-bond acceptors (Lipinski definition) is 11. The van der Waals surface area contributed by atoms with Gasteiger partial charge in [0.2, 0.25) is 0 Å². The third-order valence-corrected chi connectivity index (χ3v) is 5.57. The molecule has 0 bridgehead atoms. The van der Waals surface area contributed by atoms with E-state index in [0.29, 0.717) is 0 Å². The van der Waals surface area contributed by atoms with Crippen LogP contribution in [0.1, 0.15) is 13.8 Å². The van der Waals surface area contributed by atoms with Gasteiger partial charge in [0.05, 0.1) is 13.2 Å². The Morgan fingerprint density at radius 1 is 0.808 bits per heavy atom. The van der Waals surface area contributed by atoms with Gasteiger partial charge in [0.1, 0.15) is 54.3 Å². The van der Waals surface area contributed by atoms with E-state index in [0.717, 1.165) is 0 Å². The van der Waals surface area contributed by atoms with Crippen LogP contribution in [0.5, 0.6) is 0 Å². The maximum Gasteiger partial charge on any atom is 0.187 e. The van der Waals surface area contributed by atoms with Gasteiger partial charge >= 0.3 is 0 Å². The summed E-state index contributed by atoms with van der Waals surface area (Å²) in [5.74, 6) is 0. The molecule has 0 spiro atoms. The standard InChI is InChI=1S/C15H28O10S/c1-5(2)26-15-12(22)10(20)13(7(4-17)24-15)25-14-11(21)9(19)8(18)6(3-16)23-14/h5-22H,3-4H2,1-2H3/t6-,7-,8+,9+,10-,11-,12-,13-,14+,15+/m1/s1. The summed E-state index contributed by atoms with van der Waals surface area (Å²) in [5.41, 5.74) is -0.781. The molecule has 26 heavy (non-hydrogen) atoms. The van der Waals surface area contributed by atoms with Crippen molar-refractivity contribution in [1.82, 2.24) is 0 Å². The second-order valence-corrected chi connectivity index (χ2v) is 8.37. The number of thioether (sulfide) groups is 1. The molecule has 2 heterocycles. The second-order valence-electron chi connectivity index (χ2n) is 6.69. The van der Waals surface area contributed by atoms with Gasteiger partial charge in [-0.3, -0.25) is 0 Å². The maximum atomic E-state index is 10.4. The zero-order valence-electron chi connectivity index (χ0n) is 14.5. The summed E-state index contributed by atoms with van der Waals surface area (Å²) in [6.45, 7) is 2.62. The van der Waals surface area contributed by atoms with Gasteiger partial charge in [0, 0.05) is 5.25 Å². The zero-order valence-corrected chi connectivity index (χ0v) is 15.3. The Morgan fingerprint density at radius 3 is 1.96 bits per heavy atom. The first-order valence-corrected chi connectivity index (χ1v) is 9.39. The lowest BCUT2D eigenvalue weighted by atomic mass is 9.97. The fraction of sp³-hybridized carbons (Fsp3) is 1.00. The average Bonchev–Trinajstić information content (AvgIpc) is 2.60. The number of rotatable bonds is 6. The van der Waals surface area contributed by atoms with Crippen molar-refractivity contribution in [1.29, 1.82) is 0 Å². The van der Waals surface area contributed by atoms with E-state index in [2.05, 4.69) is 0 Å². The Bertz CT molecular complexity index is 437. The molecule has 2 rings (SSSR count). The van der Waals surface area contributed by atoms with Gasteiger partial charge in [-0.15, -0.1) is 11.8 Å². The number of ether oxygens (including phenoxy) is 3. The molecule has 2 aliphatic heterocycles. The highest BCUT2D eigenvalue weighted by atomic mass is 32.2. The van der Waals surface area contributed by atoms with Gasteiger partial charge in [-0.1, -0.05) is 13.8 Å². The Morgan fingerprint density at radius 2 is 1.42 bits per heavy atom. The van der Waals surface area contributed by atoms with E-state index in [1.807, 2.05) is 13.8 Å². The summed E-state index contributed by atoms with van der Waals surface area (Å²) in [5, 5.41) is 69.2. The van der Waals surface area contributed by atoms with E-state index < -0.39 is 73.8 Å². The predicted molar refractivity (Wildman–Crippen MR) is 89.1 cm³/mol. The SMILES string of the molecule is CC(C)S[C@@H]1O[C@H](CO)[C@@H](O[C@@H]2O[C@H](CO)[C@H](O)[C@H](O)[C@H]2O)[C@H](O)[C@H]1O. The lowest BCUT2D eigenvalue weighted by Gasteiger charge is -2.46. The van der Waals surface area contributed by atoms with Crippen LogP contribution in [0.2, 0.25) is 0 Å². The number of aliphatic hydroxyl groups is 7. The number of aliphatic hydroxyl groups excluding tert-OH is 7. The van der Waals surface area contributed by atoms with Crippen LogP contribution in [0.15, 0.2) is 0 Å². The second kappa shape index (κ2) is 9.43. The van der Waals surface area contributed by atoms with Gasteiger partial charge in [-0.25, -0.2) is 0 Å². The molecule has 2 saturated heterocycles. The van der Waals surface area contributed by atoms with Crippen molar-refractivity contribution in [2.24, 2.45) is 0 Å². The van der Waals surface area contributed by atoms with Crippen molar-refractivity contribution < 1.29 is 50.0 Å². The largest absolute Gasteiger partial charge is 0.394 e. The molecular weight excluding hydrogens is 372 g/mol. The molecule has 0 saturated carbocycles. The Balaban J connectivity index is 2.11. The number of hydrogen-bond donors (Lipinski definition) is 7. The molecule has 0 aromatic heterocycles. The first-order chi connectivity index (χ1) is 12.2. The molecule has 2 fully saturated rings. The van der Waals surface area contributed by atoms with Crippen molar-refractivity contribution >= 4 is 11.8 Å². The van der Waals surface area contributed by atoms with Crippen LogP contribution < -0.4 is 0 Å². The minimum Gasteiger partial charge on any atom is -0.394 e. The molecule has 0 radical (unpaired) electrons. The van der Waals surface area contributed by atoms with Gasteiger partial charge in [0.15, 0.2) is 6.29 Å². The van der Waals surface area contributed by atoms with E-state index in [4.69, 9.17) is 14.2 Å². The smallest absolute Gasteiger partial charge is 0.187 e. The predicted octanol–water partition coefficient (Wildman–Crippen LogP) is -3.25. The summed E-state index contributed by atoms with van der Waals surface area (Å²) in [4.78, 5) is 0. The molecular formula is C15H28O10S. The molecule has 10 atom stereocenters. The molecule has 10 nitrogen and oxygen atoms in total. The van der Waals surface area contributed by atoms with Gasteiger partial charge in [-0.05, 0) is 0 Å². The van der Waals surface area contributed by atoms with E-state index in [1.165, 1.54) is 11.8 Å². The highest BCUT2D eigenvalue weighted by Crippen LogP contribution is 2.34. The van der Waals surface area contributed by atoms with Gasteiger partial charge in [0.25, 0.3) is 0 Å². The lowest BCUT2D eigenvalue weighted by Crippen LogP contribution is -2.64. The molecule has 0 amide bonds. The summed E-state index contributed by atoms with van der Waals surface area (Å²) in [7, 11) is 0. The van der Waals surface area contributed by atoms with E-state index in [-0.39, 0.29) is 5.25 Å². The first kappa shape index (κ1) is 22.2. The van der Waals surface area contributed by atoms with Crippen molar-refractivity contribution in [2.45, 2.75) is 79.7 Å². The monoisotopic (exact) mass is 400 g/mol. The van der Waals surface area contributed by atoms with Crippen LogP contribution in [0.25, 0.3) is 0 Å². The fourth-order valence-electron chi connectivity index (χ4n) is 2.94. The third-order valence-electron chi connectivity index (χ3n) is 4.37. The molecule has 7 N–H and O–H groups in total. The molecule has 0 aromatic carbocycles. The molecule has 154 valence electrons. The Kier molecular flexibility index (Phi) is 8.07. The maximum absolute atomic E-state index is 10.4. The summed E-state index contributed by atoms with van der Waals surface area (Å²) < 4.78 is 16.3. The normalized spacial score (nSPS) is 47.3. The lowest BCUT2D eigenvalue weighted by molar-refractivity contribution is -0.338. The summed E-state index contributed by atoms with van der Waals surface area (Å²) in [6, 6.07) is 0. The summed E-state index contributed by atoms with van der Waals surface area (Å²) in [6.07, 6.45) is -12.6. The molecule has 2 aliphatic rings. The Labute approximate surface area is 155 Å². The highest BCUT2D eigenvalue weighted by Gasteiger charge is 2.50. The highest BCUT2D eigenvalue weighted by molar-refractivity contribution is 8.00. The van der Waals surface area contributed by atoms with Crippen molar-refractivity contribution in [2.75, 3.05) is 13.2 Å². The van der Waals surface area contributed by atoms with Gasteiger partial charge < -0.3 is 50.0 Å². The van der Waals surface area contributed by atoms with Crippen LogP contribution in [0, 0.1) is 0 Å². The average molecular weight is 400 g/mol.